The minimum absolute atomic E-state index is 0.116. The van der Waals surface area contributed by atoms with Crippen LogP contribution in [0.4, 0.5) is 0 Å². The molecule has 0 saturated carbocycles. The van der Waals surface area contributed by atoms with E-state index in [4.69, 9.17) is 21.1 Å². The molecule has 3 aromatic rings. The molecule has 1 aliphatic heterocycles. The van der Waals surface area contributed by atoms with Gasteiger partial charge < -0.3 is 19.4 Å². The van der Waals surface area contributed by atoms with Crippen LogP contribution < -0.4 is 9.47 Å². The number of amides is 1. The van der Waals surface area contributed by atoms with E-state index in [2.05, 4.69) is 4.98 Å². The molecule has 5 nitrogen and oxygen atoms in total. The first-order chi connectivity index (χ1) is 14.1. The fraction of sp³-hybridized carbons (Fsp3) is 0.348. The fourth-order valence-corrected chi connectivity index (χ4v) is 4.32. The molecule has 2 heterocycles. The van der Waals surface area contributed by atoms with E-state index in [0.29, 0.717) is 22.9 Å². The Hall–Kier alpha value is -2.66. The SMILES string of the molecule is COc1ccc([C@H](CC(=O)N2CCCC2)c2c[nH]c3ccc(Cl)cc23)cc1OC. The second-order valence-corrected chi connectivity index (χ2v) is 7.83. The van der Waals surface area contributed by atoms with Gasteiger partial charge >= 0.3 is 0 Å². The number of methoxy groups -OCH3 is 2. The third-order valence-electron chi connectivity index (χ3n) is 5.70. The van der Waals surface area contributed by atoms with Gasteiger partial charge in [-0.1, -0.05) is 17.7 Å². The van der Waals surface area contributed by atoms with Gasteiger partial charge in [-0.2, -0.15) is 0 Å². The van der Waals surface area contributed by atoms with Gasteiger partial charge in [0.1, 0.15) is 0 Å². The Bertz CT molecular complexity index is 1020. The van der Waals surface area contributed by atoms with Crippen molar-refractivity contribution in [3.05, 3.63) is 58.7 Å². The summed E-state index contributed by atoms with van der Waals surface area (Å²) in [5.74, 6) is 1.39. The third kappa shape index (κ3) is 3.92. The van der Waals surface area contributed by atoms with Gasteiger partial charge in [0.2, 0.25) is 5.91 Å². The normalized spacial score (nSPS) is 14.9. The number of nitrogens with one attached hydrogen (secondary N) is 1. The van der Waals surface area contributed by atoms with E-state index in [-0.39, 0.29) is 11.8 Å². The zero-order chi connectivity index (χ0) is 20.4. The number of likely N-dealkylation sites (tertiary alicyclic amines) is 1. The third-order valence-corrected chi connectivity index (χ3v) is 5.93. The molecule has 1 fully saturated rings. The minimum atomic E-state index is -0.116. The average Bonchev–Trinajstić information content (AvgIpc) is 3.41. The Kier molecular flexibility index (Phi) is 5.67. The highest BCUT2D eigenvalue weighted by Crippen LogP contribution is 2.38. The summed E-state index contributed by atoms with van der Waals surface area (Å²) in [4.78, 5) is 18.3. The van der Waals surface area contributed by atoms with Crippen LogP contribution >= 0.6 is 11.6 Å². The van der Waals surface area contributed by atoms with Crippen molar-refractivity contribution in [3.8, 4) is 11.5 Å². The maximum atomic E-state index is 13.0. The molecule has 0 radical (unpaired) electrons. The summed E-state index contributed by atoms with van der Waals surface area (Å²) in [5, 5.41) is 1.71. The van der Waals surface area contributed by atoms with Crippen LogP contribution in [0.2, 0.25) is 5.02 Å². The number of hydrogen-bond donors (Lipinski definition) is 1. The molecule has 1 saturated heterocycles. The van der Waals surface area contributed by atoms with Crippen molar-refractivity contribution in [3.63, 3.8) is 0 Å². The highest BCUT2D eigenvalue weighted by Gasteiger charge is 2.26. The van der Waals surface area contributed by atoms with E-state index in [1.165, 1.54) is 0 Å². The number of rotatable bonds is 6. The molecule has 2 aromatic carbocycles. The molecule has 0 bridgehead atoms. The summed E-state index contributed by atoms with van der Waals surface area (Å²) in [7, 11) is 3.24. The van der Waals surface area contributed by atoms with Gasteiger partial charge in [0.15, 0.2) is 11.5 Å². The summed E-state index contributed by atoms with van der Waals surface area (Å²) in [6.07, 6.45) is 4.54. The number of ether oxygens (including phenoxy) is 2. The predicted molar refractivity (Wildman–Crippen MR) is 115 cm³/mol. The quantitative estimate of drug-likeness (QED) is 0.621. The van der Waals surface area contributed by atoms with Crippen LogP contribution in [0.5, 0.6) is 11.5 Å². The maximum absolute atomic E-state index is 13.0. The van der Waals surface area contributed by atoms with E-state index >= 15 is 0 Å². The molecule has 1 amide bonds. The van der Waals surface area contributed by atoms with Crippen LogP contribution in [-0.4, -0.2) is 43.1 Å². The lowest BCUT2D eigenvalue weighted by atomic mass is 9.87. The maximum Gasteiger partial charge on any atom is 0.223 e. The van der Waals surface area contributed by atoms with Crippen LogP contribution in [-0.2, 0) is 4.79 Å². The van der Waals surface area contributed by atoms with Crippen LogP contribution in [0.25, 0.3) is 10.9 Å². The topological polar surface area (TPSA) is 54.6 Å². The first-order valence-electron chi connectivity index (χ1n) is 9.87. The molecule has 6 heteroatoms. The summed E-state index contributed by atoms with van der Waals surface area (Å²) in [6.45, 7) is 1.69. The van der Waals surface area contributed by atoms with Crippen molar-refractivity contribution >= 4 is 28.4 Å². The Labute approximate surface area is 175 Å². The number of hydrogen-bond acceptors (Lipinski definition) is 3. The number of benzene rings is 2. The van der Waals surface area contributed by atoms with Crippen molar-refractivity contribution < 1.29 is 14.3 Å². The van der Waals surface area contributed by atoms with Gasteiger partial charge in [0, 0.05) is 47.6 Å². The number of H-pyrrole nitrogens is 1. The molecule has 1 aromatic heterocycles. The van der Waals surface area contributed by atoms with Gasteiger partial charge in [-0.05, 0) is 54.3 Å². The van der Waals surface area contributed by atoms with E-state index in [1.807, 2.05) is 47.5 Å². The lowest BCUT2D eigenvalue weighted by molar-refractivity contribution is -0.130. The lowest BCUT2D eigenvalue weighted by Crippen LogP contribution is -2.29. The van der Waals surface area contributed by atoms with Crippen molar-refractivity contribution in [2.24, 2.45) is 0 Å². The molecule has 29 heavy (non-hydrogen) atoms. The zero-order valence-electron chi connectivity index (χ0n) is 16.7. The number of fused-ring (bicyclic) bond motifs is 1. The fourth-order valence-electron chi connectivity index (χ4n) is 4.15. The van der Waals surface area contributed by atoms with Gasteiger partial charge in [-0.15, -0.1) is 0 Å². The van der Waals surface area contributed by atoms with Gasteiger partial charge in [-0.3, -0.25) is 4.79 Å². The first-order valence-corrected chi connectivity index (χ1v) is 10.2. The number of nitrogens with zero attached hydrogens (tertiary/aromatic N) is 1. The molecule has 0 spiro atoms. The predicted octanol–water partition coefficient (Wildman–Crippen LogP) is 4.98. The molecule has 0 aliphatic carbocycles. The molecule has 1 atom stereocenters. The highest BCUT2D eigenvalue weighted by atomic mass is 35.5. The van der Waals surface area contributed by atoms with E-state index in [1.54, 1.807) is 14.2 Å². The number of halogens is 1. The van der Waals surface area contributed by atoms with Crippen molar-refractivity contribution in [1.82, 2.24) is 9.88 Å². The Morgan fingerprint density at radius 2 is 1.86 bits per heavy atom. The molecular weight excluding hydrogens is 388 g/mol. The van der Waals surface area contributed by atoms with Gasteiger partial charge in [0.05, 0.1) is 14.2 Å². The minimum Gasteiger partial charge on any atom is -0.493 e. The summed E-state index contributed by atoms with van der Waals surface area (Å²) >= 11 is 6.27. The molecule has 1 aliphatic rings. The summed E-state index contributed by atoms with van der Waals surface area (Å²) in [5.41, 5.74) is 3.07. The smallest absolute Gasteiger partial charge is 0.223 e. The number of aromatic nitrogens is 1. The molecule has 1 N–H and O–H groups in total. The largest absolute Gasteiger partial charge is 0.493 e. The average molecular weight is 413 g/mol. The number of carbonyl (C=O) groups is 1. The number of carbonyl (C=O) groups excluding carboxylic acids is 1. The van der Waals surface area contributed by atoms with Crippen LogP contribution in [0.15, 0.2) is 42.6 Å². The zero-order valence-corrected chi connectivity index (χ0v) is 17.5. The lowest BCUT2D eigenvalue weighted by Gasteiger charge is -2.22. The van der Waals surface area contributed by atoms with E-state index in [9.17, 15) is 4.79 Å². The molecule has 152 valence electrons. The second-order valence-electron chi connectivity index (χ2n) is 7.39. The van der Waals surface area contributed by atoms with Crippen LogP contribution in [0, 0.1) is 0 Å². The second kappa shape index (κ2) is 8.37. The van der Waals surface area contributed by atoms with Crippen molar-refractivity contribution in [2.75, 3.05) is 27.3 Å². The molecule has 4 rings (SSSR count). The van der Waals surface area contributed by atoms with Gasteiger partial charge in [0.25, 0.3) is 0 Å². The van der Waals surface area contributed by atoms with E-state index in [0.717, 1.165) is 48.0 Å². The monoisotopic (exact) mass is 412 g/mol. The Balaban J connectivity index is 1.78. The molecular formula is C23H25ClN2O3. The van der Waals surface area contributed by atoms with Crippen molar-refractivity contribution in [2.45, 2.75) is 25.2 Å². The van der Waals surface area contributed by atoms with Gasteiger partial charge in [-0.25, -0.2) is 0 Å². The summed E-state index contributed by atoms with van der Waals surface area (Å²) in [6, 6.07) is 11.6. The highest BCUT2D eigenvalue weighted by molar-refractivity contribution is 6.31. The van der Waals surface area contributed by atoms with Crippen LogP contribution in [0.3, 0.4) is 0 Å². The van der Waals surface area contributed by atoms with E-state index < -0.39 is 0 Å². The Morgan fingerprint density at radius 1 is 1.10 bits per heavy atom. The summed E-state index contributed by atoms with van der Waals surface area (Å²) < 4.78 is 10.9. The van der Waals surface area contributed by atoms with Crippen LogP contribution in [0.1, 0.15) is 36.3 Å². The standard InChI is InChI=1S/C23H25ClN2O3/c1-28-21-8-5-15(11-22(21)29-2)17(13-23(27)26-9-3-4-10-26)19-14-25-20-7-6-16(24)12-18(19)20/h5-8,11-12,14,17,25H,3-4,9-10,13H2,1-2H3/t17-/m0/s1. The van der Waals surface area contributed by atoms with Crippen molar-refractivity contribution in [1.29, 1.82) is 0 Å². The molecule has 0 unspecified atom stereocenters. The Morgan fingerprint density at radius 3 is 2.59 bits per heavy atom. The number of aromatic amines is 1. The first kappa shape index (κ1) is 19.6.